The Kier molecular flexibility index (Phi) is 8.42. The standard InChI is InChI=1S/C25H23FN4O7/c1-3-10-30(13-14-4-7-19-17(11-14)23(34)29-25(28-19)37-2)15-5-6-16(18(26)12-15)22(33)27-20(24(35)36)8-9-21(31)32/h1,4-7,11-12,20H,8-10,13H2,2H3,(H,27,33)(H,31,32)(H,35,36)(H,28,29,34)/t20-/m0/s1. The van der Waals surface area contributed by atoms with E-state index in [1.807, 2.05) is 0 Å². The number of halogens is 1. The number of hydrogen-bond acceptors (Lipinski definition) is 7. The number of rotatable bonds is 11. The van der Waals surface area contributed by atoms with Gasteiger partial charge in [-0.1, -0.05) is 12.0 Å². The molecule has 1 amide bonds. The number of methoxy groups -OCH3 is 1. The summed E-state index contributed by atoms with van der Waals surface area (Å²) in [5, 5.41) is 20.4. The van der Waals surface area contributed by atoms with E-state index in [9.17, 15) is 28.7 Å². The van der Waals surface area contributed by atoms with Crippen molar-refractivity contribution >= 4 is 34.4 Å². The number of aliphatic carboxylic acids is 2. The Bertz CT molecular complexity index is 1450. The number of carboxylic acids is 2. The Morgan fingerprint density at radius 2 is 2.00 bits per heavy atom. The number of nitrogens with zero attached hydrogens (tertiary/aromatic N) is 2. The molecular formula is C25H23FN4O7. The van der Waals surface area contributed by atoms with Gasteiger partial charge >= 0.3 is 11.9 Å². The number of aromatic amines is 1. The zero-order valence-corrected chi connectivity index (χ0v) is 19.7. The minimum atomic E-state index is -1.49. The molecule has 3 rings (SSSR count). The SMILES string of the molecule is C#CCN(Cc1ccc2nc(OC)[nH]c(=O)c2c1)c1ccc(C(=O)N[C@@H](CCC(=O)O)C(=O)O)c(F)c1. The van der Waals surface area contributed by atoms with Crippen LogP contribution in [0.2, 0.25) is 0 Å². The van der Waals surface area contributed by atoms with Crippen LogP contribution >= 0.6 is 0 Å². The normalized spacial score (nSPS) is 11.4. The number of carbonyl (C=O) groups is 3. The summed E-state index contributed by atoms with van der Waals surface area (Å²) in [4.78, 5) is 55.2. The van der Waals surface area contributed by atoms with Gasteiger partial charge in [0.05, 0.1) is 30.1 Å². The monoisotopic (exact) mass is 510 g/mol. The molecule has 0 fully saturated rings. The summed E-state index contributed by atoms with van der Waals surface area (Å²) in [7, 11) is 1.38. The summed E-state index contributed by atoms with van der Waals surface area (Å²) in [5.41, 5.74) is 0.650. The minimum Gasteiger partial charge on any atom is -0.481 e. The average Bonchev–Trinajstić information content (AvgIpc) is 2.85. The summed E-state index contributed by atoms with van der Waals surface area (Å²) in [6, 6.07) is 7.31. The van der Waals surface area contributed by atoms with Crippen LogP contribution in [0.1, 0.15) is 28.8 Å². The number of nitrogens with one attached hydrogen (secondary N) is 2. The quantitative estimate of drug-likeness (QED) is 0.282. The zero-order valence-electron chi connectivity index (χ0n) is 19.7. The van der Waals surface area contributed by atoms with Gasteiger partial charge in [0.2, 0.25) is 0 Å². The Labute approximate surface area is 209 Å². The summed E-state index contributed by atoms with van der Waals surface area (Å²) >= 11 is 0. The fraction of sp³-hybridized carbons (Fsp3) is 0.240. The average molecular weight is 510 g/mol. The molecule has 0 unspecified atom stereocenters. The molecule has 0 aliphatic carbocycles. The van der Waals surface area contributed by atoms with E-state index in [0.717, 1.165) is 6.07 Å². The predicted molar refractivity (Wildman–Crippen MR) is 131 cm³/mol. The lowest BCUT2D eigenvalue weighted by molar-refractivity contribution is -0.140. The first-order chi connectivity index (χ1) is 17.6. The van der Waals surface area contributed by atoms with E-state index in [1.54, 1.807) is 23.1 Å². The maximum absolute atomic E-state index is 14.9. The Morgan fingerprint density at radius 1 is 1.24 bits per heavy atom. The van der Waals surface area contributed by atoms with Gasteiger partial charge in [0.1, 0.15) is 11.9 Å². The fourth-order valence-electron chi connectivity index (χ4n) is 3.57. The number of aromatic nitrogens is 2. The molecule has 1 heterocycles. The number of carboxylic acid groups (broad SMARTS) is 2. The lowest BCUT2D eigenvalue weighted by Crippen LogP contribution is -2.41. The molecule has 1 aromatic heterocycles. The van der Waals surface area contributed by atoms with Gasteiger partial charge in [-0.05, 0) is 42.3 Å². The van der Waals surface area contributed by atoms with Crippen molar-refractivity contribution in [2.24, 2.45) is 0 Å². The van der Waals surface area contributed by atoms with Gasteiger partial charge in [-0.2, -0.15) is 4.98 Å². The Balaban J connectivity index is 1.82. The highest BCUT2D eigenvalue weighted by atomic mass is 19.1. The van der Waals surface area contributed by atoms with Crippen molar-refractivity contribution in [2.75, 3.05) is 18.6 Å². The highest BCUT2D eigenvalue weighted by Gasteiger charge is 2.23. The molecule has 4 N–H and O–H groups in total. The van der Waals surface area contributed by atoms with Crippen LogP contribution in [0.3, 0.4) is 0 Å². The van der Waals surface area contributed by atoms with Gasteiger partial charge in [-0.25, -0.2) is 9.18 Å². The predicted octanol–water partition coefficient (Wildman–Crippen LogP) is 1.76. The van der Waals surface area contributed by atoms with Gasteiger partial charge in [0.25, 0.3) is 17.5 Å². The summed E-state index contributed by atoms with van der Waals surface area (Å²) < 4.78 is 19.9. The molecule has 192 valence electrons. The van der Waals surface area contributed by atoms with E-state index in [0.29, 0.717) is 22.2 Å². The second-order valence-electron chi connectivity index (χ2n) is 7.95. The van der Waals surface area contributed by atoms with E-state index in [1.165, 1.54) is 19.2 Å². The molecule has 0 aliphatic rings. The number of fused-ring (bicyclic) bond motifs is 1. The van der Waals surface area contributed by atoms with Crippen LogP contribution in [0.25, 0.3) is 10.9 Å². The van der Waals surface area contributed by atoms with Crippen molar-refractivity contribution in [3.8, 4) is 18.4 Å². The first-order valence-corrected chi connectivity index (χ1v) is 10.9. The molecule has 37 heavy (non-hydrogen) atoms. The third kappa shape index (κ3) is 6.61. The van der Waals surface area contributed by atoms with Crippen molar-refractivity contribution in [1.29, 1.82) is 0 Å². The molecule has 0 bridgehead atoms. The zero-order chi connectivity index (χ0) is 27.1. The van der Waals surface area contributed by atoms with Crippen LogP contribution in [-0.4, -0.2) is 57.7 Å². The first kappa shape index (κ1) is 26.7. The van der Waals surface area contributed by atoms with Gasteiger partial charge < -0.3 is 25.2 Å². The lowest BCUT2D eigenvalue weighted by atomic mass is 10.1. The van der Waals surface area contributed by atoms with E-state index in [2.05, 4.69) is 21.2 Å². The second kappa shape index (κ2) is 11.7. The molecule has 11 nitrogen and oxygen atoms in total. The maximum Gasteiger partial charge on any atom is 0.326 e. The van der Waals surface area contributed by atoms with Crippen LogP contribution < -0.4 is 20.5 Å². The fourth-order valence-corrected chi connectivity index (χ4v) is 3.57. The largest absolute Gasteiger partial charge is 0.481 e. The highest BCUT2D eigenvalue weighted by Crippen LogP contribution is 2.22. The number of ether oxygens (including phenoxy) is 1. The van der Waals surface area contributed by atoms with E-state index in [4.69, 9.17) is 16.3 Å². The number of terminal acetylenes is 1. The molecule has 0 spiro atoms. The Hall–Kier alpha value is -4.92. The van der Waals surface area contributed by atoms with Crippen LogP contribution in [-0.2, 0) is 16.1 Å². The molecule has 12 heteroatoms. The number of anilines is 1. The molecule has 0 saturated carbocycles. The molecule has 2 aromatic carbocycles. The highest BCUT2D eigenvalue weighted by molar-refractivity contribution is 5.97. The van der Waals surface area contributed by atoms with Crippen LogP contribution in [0.4, 0.5) is 10.1 Å². The molecular weight excluding hydrogens is 487 g/mol. The smallest absolute Gasteiger partial charge is 0.326 e. The number of benzene rings is 2. The van der Waals surface area contributed by atoms with Crippen LogP contribution in [0.15, 0.2) is 41.2 Å². The summed E-state index contributed by atoms with van der Waals surface area (Å²) in [5.74, 6) is -2.10. The summed E-state index contributed by atoms with van der Waals surface area (Å²) in [6.45, 7) is 0.281. The maximum atomic E-state index is 14.9. The van der Waals surface area contributed by atoms with E-state index < -0.39 is 47.2 Å². The first-order valence-electron chi connectivity index (χ1n) is 10.9. The number of H-pyrrole nitrogens is 1. The van der Waals surface area contributed by atoms with E-state index in [-0.39, 0.29) is 25.5 Å². The second-order valence-corrected chi connectivity index (χ2v) is 7.95. The Morgan fingerprint density at radius 3 is 2.62 bits per heavy atom. The lowest BCUT2D eigenvalue weighted by Gasteiger charge is -2.23. The molecule has 3 aromatic rings. The van der Waals surface area contributed by atoms with Crippen molar-refractivity contribution in [3.05, 3.63) is 63.7 Å². The van der Waals surface area contributed by atoms with Crippen molar-refractivity contribution in [2.45, 2.75) is 25.4 Å². The molecule has 1 atom stereocenters. The van der Waals surface area contributed by atoms with Crippen molar-refractivity contribution < 1.29 is 33.7 Å². The number of amides is 1. The molecule has 0 saturated heterocycles. The van der Waals surface area contributed by atoms with Crippen molar-refractivity contribution in [1.82, 2.24) is 15.3 Å². The van der Waals surface area contributed by atoms with Crippen LogP contribution in [0, 0.1) is 18.2 Å². The van der Waals surface area contributed by atoms with Gasteiger partial charge in [-0.15, -0.1) is 6.42 Å². The summed E-state index contributed by atoms with van der Waals surface area (Å²) in [6.07, 6.45) is 4.65. The van der Waals surface area contributed by atoms with Gasteiger partial charge in [0, 0.05) is 18.7 Å². The molecule has 0 aliphatic heterocycles. The third-order valence-corrected chi connectivity index (χ3v) is 5.41. The van der Waals surface area contributed by atoms with Gasteiger partial charge in [0.15, 0.2) is 0 Å². The van der Waals surface area contributed by atoms with Crippen LogP contribution in [0.5, 0.6) is 6.01 Å². The topological polar surface area (TPSA) is 162 Å². The molecule has 0 radical (unpaired) electrons. The van der Waals surface area contributed by atoms with Crippen molar-refractivity contribution in [3.63, 3.8) is 0 Å². The minimum absolute atomic E-state index is 0.0790. The number of carbonyl (C=O) groups excluding carboxylic acids is 1. The van der Waals surface area contributed by atoms with Gasteiger partial charge in [-0.3, -0.25) is 19.4 Å². The third-order valence-electron chi connectivity index (χ3n) is 5.41. The number of hydrogen-bond donors (Lipinski definition) is 4. The van der Waals surface area contributed by atoms with E-state index >= 15 is 0 Å².